The van der Waals surface area contributed by atoms with E-state index in [0.717, 1.165) is 16.5 Å². The number of hydrogen-bond acceptors (Lipinski definition) is 2. The lowest BCUT2D eigenvalue weighted by Crippen LogP contribution is -1.97. The summed E-state index contributed by atoms with van der Waals surface area (Å²) in [4.78, 5) is 20.5. The van der Waals surface area contributed by atoms with E-state index in [1.165, 1.54) is 0 Å². The zero-order valence-electron chi connectivity index (χ0n) is 6.87. The predicted molar refractivity (Wildman–Crippen MR) is 53.6 cm³/mol. The van der Waals surface area contributed by atoms with Gasteiger partial charge in [-0.05, 0) is 11.1 Å². The van der Waals surface area contributed by atoms with E-state index in [1.54, 1.807) is 0 Å². The van der Waals surface area contributed by atoms with Crippen molar-refractivity contribution in [2.24, 2.45) is 5.18 Å². The first-order valence-corrected chi connectivity index (χ1v) is 4.88. The van der Waals surface area contributed by atoms with Gasteiger partial charge in [-0.2, -0.15) is 0 Å². The van der Waals surface area contributed by atoms with Crippen LogP contribution in [-0.2, 0) is 16.5 Å². The summed E-state index contributed by atoms with van der Waals surface area (Å²) in [5.41, 5.74) is 1.95. The van der Waals surface area contributed by atoms with Crippen molar-refractivity contribution in [1.82, 2.24) is 0 Å². The fourth-order valence-electron chi connectivity index (χ4n) is 0.953. The van der Waals surface area contributed by atoms with Gasteiger partial charge in [0, 0.05) is 10.5 Å². The van der Waals surface area contributed by atoms with Crippen molar-refractivity contribution >= 4 is 21.8 Å². The highest BCUT2D eigenvalue weighted by molar-refractivity contribution is 9.08. The maximum Gasteiger partial charge on any atom is 0.290 e. The molecular weight excluding hydrogens is 234 g/mol. The average molecular weight is 242 g/mol. The molecule has 0 saturated heterocycles. The molecule has 4 heteroatoms. The molecule has 0 bridgehead atoms. The van der Waals surface area contributed by atoms with Gasteiger partial charge in [-0.15, -0.1) is 4.91 Å². The molecule has 3 nitrogen and oxygen atoms in total. The van der Waals surface area contributed by atoms with Crippen molar-refractivity contribution in [2.75, 3.05) is 0 Å². The molecule has 1 aromatic rings. The van der Waals surface area contributed by atoms with Crippen LogP contribution in [-0.4, -0.2) is 5.91 Å². The minimum Gasteiger partial charge on any atom is -0.269 e. The highest BCUT2D eigenvalue weighted by Crippen LogP contribution is 2.08. The smallest absolute Gasteiger partial charge is 0.269 e. The van der Waals surface area contributed by atoms with E-state index < -0.39 is 5.91 Å². The Morgan fingerprint density at radius 3 is 2.23 bits per heavy atom. The molecule has 0 atom stereocenters. The molecule has 13 heavy (non-hydrogen) atoms. The van der Waals surface area contributed by atoms with E-state index in [9.17, 15) is 9.70 Å². The third-order valence-corrected chi connectivity index (χ3v) is 2.28. The monoisotopic (exact) mass is 241 g/mol. The molecule has 0 unspecified atom stereocenters. The largest absolute Gasteiger partial charge is 0.290 e. The number of rotatable bonds is 3. The maximum absolute atomic E-state index is 10.6. The first kappa shape index (κ1) is 10.1. The van der Waals surface area contributed by atoms with Gasteiger partial charge in [0.1, 0.15) is 0 Å². The summed E-state index contributed by atoms with van der Waals surface area (Å²) < 4.78 is 0. The van der Waals surface area contributed by atoms with Gasteiger partial charge in [-0.1, -0.05) is 40.2 Å². The fourth-order valence-corrected chi connectivity index (χ4v) is 1.33. The van der Waals surface area contributed by atoms with Crippen LogP contribution in [0.25, 0.3) is 0 Å². The average Bonchev–Trinajstić information content (AvgIpc) is 2.19. The first-order chi connectivity index (χ1) is 6.26. The Balaban J connectivity index is 2.69. The number of amides is 1. The summed E-state index contributed by atoms with van der Waals surface area (Å²) >= 11 is 3.31. The van der Waals surface area contributed by atoms with Crippen molar-refractivity contribution in [3.8, 4) is 0 Å². The molecule has 0 saturated carbocycles. The van der Waals surface area contributed by atoms with Crippen LogP contribution in [0.1, 0.15) is 11.1 Å². The number of nitroso groups, excluding NO2 is 1. The summed E-state index contributed by atoms with van der Waals surface area (Å²) in [6, 6.07) is 7.45. The number of alkyl halides is 1. The molecule has 0 aliphatic rings. The van der Waals surface area contributed by atoms with Gasteiger partial charge >= 0.3 is 0 Å². The van der Waals surface area contributed by atoms with Crippen LogP contribution in [0, 0.1) is 4.91 Å². The Morgan fingerprint density at radius 1 is 1.23 bits per heavy atom. The lowest BCUT2D eigenvalue weighted by Gasteiger charge is -1.97. The van der Waals surface area contributed by atoms with Crippen molar-refractivity contribution in [1.29, 1.82) is 0 Å². The van der Waals surface area contributed by atoms with Gasteiger partial charge in [-0.25, -0.2) is 0 Å². The van der Waals surface area contributed by atoms with Gasteiger partial charge in [-0.3, -0.25) is 4.79 Å². The molecule has 0 aromatic heterocycles. The third kappa shape index (κ3) is 3.06. The molecule has 0 aliphatic carbocycles. The predicted octanol–water partition coefficient (Wildman–Crippen LogP) is 2.42. The van der Waals surface area contributed by atoms with Crippen LogP contribution in [0.5, 0.6) is 0 Å². The summed E-state index contributed by atoms with van der Waals surface area (Å²) in [6.45, 7) is 0. The molecule has 0 spiro atoms. The van der Waals surface area contributed by atoms with Crippen molar-refractivity contribution in [3.63, 3.8) is 0 Å². The molecular formula is C9H8BrNO2. The Bertz CT molecular complexity index is 308. The van der Waals surface area contributed by atoms with Crippen LogP contribution >= 0.6 is 15.9 Å². The number of nitrogens with zero attached hydrogens (tertiary/aromatic N) is 1. The second-order valence-corrected chi connectivity index (χ2v) is 3.17. The highest BCUT2D eigenvalue weighted by atomic mass is 79.9. The van der Waals surface area contributed by atoms with Crippen LogP contribution in [0.3, 0.4) is 0 Å². The summed E-state index contributed by atoms with van der Waals surface area (Å²) in [5.74, 6) is -0.633. The summed E-state index contributed by atoms with van der Waals surface area (Å²) in [5, 5.41) is 3.11. The molecule has 0 fully saturated rings. The quantitative estimate of drug-likeness (QED) is 0.603. The standard InChI is InChI=1S/C9H8BrNO2/c10-6-8-3-1-7(2-4-8)5-9(12)11-13/h1-4H,5-6H2. The minimum atomic E-state index is -0.633. The Hall–Kier alpha value is -1.03. The van der Waals surface area contributed by atoms with E-state index in [2.05, 4.69) is 21.1 Å². The van der Waals surface area contributed by atoms with Crippen LogP contribution < -0.4 is 0 Å². The van der Waals surface area contributed by atoms with E-state index in [0.29, 0.717) is 0 Å². The van der Waals surface area contributed by atoms with Crippen LogP contribution in [0.4, 0.5) is 0 Å². The van der Waals surface area contributed by atoms with E-state index in [4.69, 9.17) is 0 Å². The lowest BCUT2D eigenvalue weighted by molar-refractivity contribution is -0.117. The SMILES string of the molecule is O=NC(=O)Cc1ccc(CBr)cc1. The second-order valence-electron chi connectivity index (χ2n) is 2.61. The van der Waals surface area contributed by atoms with Gasteiger partial charge in [0.15, 0.2) is 0 Å². The third-order valence-electron chi connectivity index (χ3n) is 1.63. The molecule has 0 radical (unpaired) electrons. The molecule has 0 heterocycles. The van der Waals surface area contributed by atoms with Crippen molar-refractivity contribution in [3.05, 3.63) is 40.3 Å². The van der Waals surface area contributed by atoms with Crippen molar-refractivity contribution < 1.29 is 4.79 Å². The summed E-state index contributed by atoms with van der Waals surface area (Å²) in [7, 11) is 0. The molecule has 68 valence electrons. The summed E-state index contributed by atoms with van der Waals surface area (Å²) in [6.07, 6.45) is 0.0894. The first-order valence-electron chi connectivity index (χ1n) is 3.76. The molecule has 0 N–H and O–H groups in total. The number of halogens is 1. The number of hydrogen-bond donors (Lipinski definition) is 0. The van der Waals surface area contributed by atoms with Crippen molar-refractivity contribution in [2.45, 2.75) is 11.8 Å². The van der Waals surface area contributed by atoms with E-state index >= 15 is 0 Å². The van der Waals surface area contributed by atoms with E-state index in [-0.39, 0.29) is 6.42 Å². The van der Waals surface area contributed by atoms with Gasteiger partial charge in [0.05, 0.1) is 6.42 Å². The Morgan fingerprint density at radius 2 is 1.77 bits per heavy atom. The molecule has 0 aliphatic heterocycles. The Kier molecular flexibility index (Phi) is 3.76. The van der Waals surface area contributed by atoms with E-state index in [1.807, 2.05) is 24.3 Å². The van der Waals surface area contributed by atoms with Crippen LogP contribution in [0.15, 0.2) is 29.4 Å². The molecule has 1 aromatic carbocycles. The zero-order valence-corrected chi connectivity index (χ0v) is 8.45. The normalized spacial score (nSPS) is 9.62. The minimum absolute atomic E-state index is 0.0894. The lowest BCUT2D eigenvalue weighted by atomic mass is 10.1. The topological polar surface area (TPSA) is 46.5 Å². The highest BCUT2D eigenvalue weighted by Gasteiger charge is 2.02. The fraction of sp³-hybridized carbons (Fsp3) is 0.222. The Labute approximate surface area is 84.3 Å². The molecule has 1 amide bonds. The maximum atomic E-state index is 10.6. The number of carbonyl (C=O) groups is 1. The second kappa shape index (κ2) is 4.87. The zero-order chi connectivity index (χ0) is 9.68. The number of carbonyl (C=O) groups excluding carboxylic acids is 1. The van der Waals surface area contributed by atoms with Crippen LogP contribution in [0.2, 0.25) is 0 Å². The number of benzene rings is 1. The van der Waals surface area contributed by atoms with Gasteiger partial charge < -0.3 is 0 Å². The van der Waals surface area contributed by atoms with Gasteiger partial charge in [0.25, 0.3) is 5.91 Å². The van der Waals surface area contributed by atoms with Gasteiger partial charge in [0.2, 0.25) is 0 Å². The molecule has 1 rings (SSSR count).